The van der Waals surface area contributed by atoms with Gasteiger partial charge in [-0.3, -0.25) is 9.69 Å². The average molecular weight is 453 g/mol. The number of hydrogen-bond acceptors (Lipinski definition) is 5. The molecule has 33 heavy (non-hydrogen) atoms. The van der Waals surface area contributed by atoms with Crippen molar-refractivity contribution in [2.75, 3.05) is 20.2 Å². The van der Waals surface area contributed by atoms with E-state index >= 15 is 0 Å². The normalized spacial score (nSPS) is 18.0. The van der Waals surface area contributed by atoms with Crippen molar-refractivity contribution in [2.45, 2.75) is 37.9 Å². The summed E-state index contributed by atoms with van der Waals surface area (Å²) < 4.78 is 34.0. The number of nitrogens with one attached hydrogen (secondary N) is 1. The number of likely N-dealkylation sites (tertiary alicyclic amines) is 1. The Balaban J connectivity index is 1.31. The molecule has 7 nitrogen and oxygen atoms in total. The zero-order valence-electron chi connectivity index (χ0n) is 18.4. The highest BCUT2D eigenvalue weighted by Gasteiger charge is 2.40. The van der Waals surface area contributed by atoms with E-state index in [9.17, 15) is 13.6 Å². The molecule has 9 heteroatoms. The lowest BCUT2D eigenvalue weighted by Gasteiger charge is -2.41. The Hall–Kier alpha value is -3.33. The number of aromatic nitrogens is 3. The van der Waals surface area contributed by atoms with E-state index in [1.165, 1.54) is 12.1 Å². The summed E-state index contributed by atoms with van der Waals surface area (Å²) in [6.45, 7) is 2.01. The minimum absolute atomic E-state index is 0.0828. The van der Waals surface area contributed by atoms with Gasteiger partial charge in [-0.05, 0) is 54.8 Å². The Morgan fingerprint density at radius 2 is 1.79 bits per heavy atom. The fraction of sp³-hybridized carbons (Fsp3) is 0.375. The highest BCUT2D eigenvalue weighted by molar-refractivity contribution is 5.77. The highest BCUT2D eigenvalue weighted by atomic mass is 19.1. The lowest BCUT2D eigenvalue weighted by Crippen LogP contribution is -2.56. The molecule has 0 aliphatic carbocycles. The lowest BCUT2D eigenvalue weighted by atomic mass is 9.84. The van der Waals surface area contributed by atoms with Crippen LogP contribution in [0.25, 0.3) is 11.4 Å². The van der Waals surface area contributed by atoms with Crippen molar-refractivity contribution >= 4 is 5.91 Å². The number of methoxy groups -OCH3 is 1. The molecular weight excluding hydrogens is 428 g/mol. The molecule has 0 unspecified atom stereocenters. The third-order valence-electron chi connectivity index (χ3n) is 6.43. The summed E-state index contributed by atoms with van der Waals surface area (Å²) in [6, 6.07) is 11.1. The number of carbonyl (C=O) groups is 1. The summed E-state index contributed by atoms with van der Waals surface area (Å²) in [5.41, 5.74) is 1.07. The fourth-order valence-electron chi connectivity index (χ4n) is 4.71. The monoisotopic (exact) mass is 453 g/mol. The van der Waals surface area contributed by atoms with Gasteiger partial charge in [0.1, 0.15) is 29.8 Å². The van der Waals surface area contributed by atoms with E-state index in [0.29, 0.717) is 37.4 Å². The number of carbonyl (C=O) groups excluding carboxylic acids is 1. The topological polar surface area (TPSA) is 72.3 Å². The van der Waals surface area contributed by atoms with Crippen LogP contribution in [0.5, 0.6) is 5.75 Å². The van der Waals surface area contributed by atoms with E-state index in [1.54, 1.807) is 11.8 Å². The first-order valence-electron chi connectivity index (χ1n) is 11.0. The second kappa shape index (κ2) is 8.55. The molecule has 1 amide bonds. The Morgan fingerprint density at radius 3 is 2.45 bits per heavy atom. The number of benzene rings is 2. The molecule has 2 aromatic carbocycles. The lowest BCUT2D eigenvalue weighted by molar-refractivity contribution is -0.123. The number of hydrogen-bond donors (Lipinski definition) is 1. The van der Waals surface area contributed by atoms with Crippen LogP contribution in [0.3, 0.4) is 0 Å². The number of nitrogens with zero attached hydrogens (tertiary/aromatic N) is 4. The second-order valence-electron chi connectivity index (χ2n) is 8.80. The van der Waals surface area contributed by atoms with Crippen LogP contribution < -0.4 is 10.1 Å². The zero-order valence-corrected chi connectivity index (χ0v) is 18.4. The van der Waals surface area contributed by atoms with Gasteiger partial charge in [-0.1, -0.05) is 0 Å². The second-order valence-corrected chi connectivity index (χ2v) is 8.80. The summed E-state index contributed by atoms with van der Waals surface area (Å²) in [4.78, 5) is 19.6. The number of halogens is 2. The number of fused-ring (bicyclic) bond motifs is 1. The first-order valence-corrected chi connectivity index (χ1v) is 11.0. The van der Waals surface area contributed by atoms with Crippen molar-refractivity contribution in [1.29, 1.82) is 0 Å². The zero-order chi connectivity index (χ0) is 23.0. The van der Waals surface area contributed by atoms with E-state index in [-0.39, 0.29) is 12.5 Å². The Morgan fingerprint density at radius 1 is 1.09 bits per heavy atom. The number of piperidine rings is 1. The maximum atomic E-state index is 13.5. The molecule has 172 valence electrons. The highest BCUT2D eigenvalue weighted by Crippen LogP contribution is 2.30. The van der Waals surface area contributed by atoms with Gasteiger partial charge in [-0.15, -0.1) is 0 Å². The summed E-state index contributed by atoms with van der Waals surface area (Å²) in [5, 5.41) is 7.78. The van der Waals surface area contributed by atoms with Crippen molar-refractivity contribution < 1.29 is 18.3 Å². The van der Waals surface area contributed by atoms with Gasteiger partial charge in [0.15, 0.2) is 5.82 Å². The molecule has 0 bridgehead atoms. The largest absolute Gasteiger partial charge is 0.497 e. The molecule has 0 atom stereocenters. The quantitative estimate of drug-likeness (QED) is 0.658. The van der Waals surface area contributed by atoms with Crippen LogP contribution in [0.15, 0.2) is 42.5 Å². The van der Waals surface area contributed by atoms with Crippen LogP contribution in [0.4, 0.5) is 8.78 Å². The van der Waals surface area contributed by atoms with Gasteiger partial charge in [0.05, 0.1) is 7.11 Å². The van der Waals surface area contributed by atoms with Gasteiger partial charge in [0.2, 0.25) is 5.91 Å². The molecule has 1 aromatic heterocycles. The Bertz CT molecular complexity index is 1150. The number of amides is 1. The van der Waals surface area contributed by atoms with Crippen molar-refractivity contribution in [3.63, 3.8) is 0 Å². The third kappa shape index (κ3) is 4.59. The van der Waals surface area contributed by atoms with Crippen LogP contribution in [-0.2, 0) is 24.3 Å². The molecule has 1 fully saturated rings. The minimum atomic E-state index is -0.568. The standard InChI is InChI=1S/C24H25F2N5O2/c1-33-20-4-2-17(3-5-20)23-27-21-13-24(28-22(32)15-31(21)29-23)6-8-30(9-7-24)14-16-10-18(25)12-19(26)11-16/h2-5,10-12H,6-9,13-15H2,1H3,(H,28,32). The molecule has 5 rings (SSSR count). The Kier molecular flexibility index (Phi) is 5.57. The van der Waals surface area contributed by atoms with Gasteiger partial charge >= 0.3 is 0 Å². The van der Waals surface area contributed by atoms with E-state index in [4.69, 9.17) is 9.72 Å². The van der Waals surface area contributed by atoms with Crippen molar-refractivity contribution in [3.8, 4) is 17.1 Å². The molecule has 0 radical (unpaired) electrons. The molecule has 1 saturated heterocycles. The number of rotatable bonds is 4. The molecule has 3 heterocycles. The maximum absolute atomic E-state index is 13.5. The summed E-state index contributed by atoms with van der Waals surface area (Å²) in [7, 11) is 1.62. The van der Waals surface area contributed by atoms with E-state index in [1.807, 2.05) is 24.3 Å². The van der Waals surface area contributed by atoms with Crippen molar-refractivity contribution in [3.05, 3.63) is 65.5 Å². The van der Waals surface area contributed by atoms with E-state index in [0.717, 1.165) is 36.0 Å². The fourth-order valence-corrected chi connectivity index (χ4v) is 4.71. The van der Waals surface area contributed by atoms with Crippen LogP contribution in [0.1, 0.15) is 24.2 Å². The number of ether oxygens (including phenoxy) is 1. The van der Waals surface area contributed by atoms with Gasteiger partial charge < -0.3 is 10.1 Å². The van der Waals surface area contributed by atoms with Gasteiger partial charge in [0, 0.05) is 43.2 Å². The molecule has 1 spiro atoms. The van der Waals surface area contributed by atoms with Gasteiger partial charge in [0.25, 0.3) is 0 Å². The van der Waals surface area contributed by atoms with Crippen LogP contribution >= 0.6 is 0 Å². The SMILES string of the molecule is COc1ccc(-c2nc3n(n2)CC(=O)NC2(CCN(Cc4cc(F)cc(F)c4)CC2)C3)cc1. The summed E-state index contributed by atoms with van der Waals surface area (Å²) in [6.07, 6.45) is 2.03. The van der Waals surface area contributed by atoms with E-state index in [2.05, 4.69) is 15.3 Å². The molecule has 0 saturated carbocycles. The van der Waals surface area contributed by atoms with Crippen LogP contribution in [0.2, 0.25) is 0 Å². The molecule has 2 aliphatic heterocycles. The molecular formula is C24H25F2N5O2. The maximum Gasteiger partial charge on any atom is 0.242 e. The molecule has 1 N–H and O–H groups in total. The first kappa shape index (κ1) is 21.5. The molecule has 2 aliphatic rings. The third-order valence-corrected chi connectivity index (χ3v) is 6.43. The Labute approximate surface area is 190 Å². The average Bonchev–Trinajstić information content (AvgIpc) is 3.10. The minimum Gasteiger partial charge on any atom is -0.497 e. The molecule has 3 aromatic rings. The van der Waals surface area contributed by atoms with Crippen LogP contribution in [-0.4, -0.2) is 51.3 Å². The van der Waals surface area contributed by atoms with Crippen LogP contribution in [0, 0.1) is 11.6 Å². The predicted molar refractivity (Wildman–Crippen MR) is 117 cm³/mol. The summed E-state index contributed by atoms with van der Waals surface area (Å²) >= 11 is 0. The van der Waals surface area contributed by atoms with E-state index < -0.39 is 17.2 Å². The van der Waals surface area contributed by atoms with Crippen molar-refractivity contribution in [1.82, 2.24) is 25.0 Å². The van der Waals surface area contributed by atoms with Crippen molar-refractivity contribution in [2.24, 2.45) is 0 Å². The van der Waals surface area contributed by atoms with Gasteiger partial charge in [-0.2, -0.15) is 5.10 Å². The van der Waals surface area contributed by atoms with Gasteiger partial charge in [-0.25, -0.2) is 18.4 Å². The predicted octanol–water partition coefficient (Wildman–Crippen LogP) is 2.94. The summed E-state index contributed by atoms with van der Waals surface area (Å²) in [5.74, 6) is 0.900. The smallest absolute Gasteiger partial charge is 0.242 e. The first-order chi connectivity index (χ1) is 15.9.